The van der Waals surface area contributed by atoms with Crippen LogP contribution < -0.4 is 15.9 Å². The first-order valence-corrected chi connectivity index (χ1v) is 12.5. The highest BCUT2D eigenvalue weighted by Gasteiger charge is 2.57. The highest BCUT2D eigenvalue weighted by atomic mass is 31.2. The zero-order valence-electron chi connectivity index (χ0n) is 20.2. The SMILES string of the molecule is C#C[C@@]1(O)C(O)[C@@H](COP(=O)(Oc2ccccc2)O[C@@H](C)C(=O)OC(C)C)O[C@H]1n1ncc(N)nc1=O. The van der Waals surface area contributed by atoms with E-state index in [-0.39, 0.29) is 11.6 Å². The van der Waals surface area contributed by atoms with Crippen molar-refractivity contribution in [2.24, 2.45) is 0 Å². The fourth-order valence-corrected chi connectivity index (χ4v) is 4.58. The Balaban J connectivity index is 1.83. The van der Waals surface area contributed by atoms with Gasteiger partial charge >= 0.3 is 19.5 Å². The van der Waals surface area contributed by atoms with E-state index in [0.29, 0.717) is 4.68 Å². The maximum Gasteiger partial charge on any atom is 0.530 e. The zero-order valence-corrected chi connectivity index (χ0v) is 21.1. The van der Waals surface area contributed by atoms with E-state index in [1.165, 1.54) is 19.1 Å². The third-order valence-electron chi connectivity index (χ3n) is 5.00. The highest BCUT2D eigenvalue weighted by Crippen LogP contribution is 2.51. The monoisotopic (exact) mass is 538 g/mol. The molecule has 4 N–H and O–H groups in total. The van der Waals surface area contributed by atoms with Crippen LogP contribution in [0.1, 0.15) is 27.0 Å². The number of rotatable bonds is 10. The van der Waals surface area contributed by atoms with Crippen LogP contribution in [0, 0.1) is 12.3 Å². The van der Waals surface area contributed by atoms with Crippen LogP contribution in [-0.4, -0.2) is 67.6 Å². The Bertz CT molecular complexity index is 1250. The van der Waals surface area contributed by atoms with Crippen LogP contribution in [0.3, 0.4) is 0 Å². The number of phosphoric acid groups is 1. The molecule has 2 unspecified atom stereocenters. The van der Waals surface area contributed by atoms with Crippen molar-refractivity contribution in [2.45, 2.75) is 57.0 Å². The third kappa shape index (κ3) is 6.53. The predicted molar refractivity (Wildman–Crippen MR) is 127 cm³/mol. The molecule has 1 aliphatic heterocycles. The Kier molecular flexibility index (Phi) is 8.70. The lowest BCUT2D eigenvalue weighted by Gasteiger charge is -2.25. The average molecular weight is 538 g/mol. The van der Waals surface area contributed by atoms with Gasteiger partial charge in [0.05, 0.1) is 18.9 Å². The predicted octanol–water partition coefficient (Wildman–Crippen LogP) is 0.404. The molecule has 0 radical (unpaired) electrons. The summed E-state index contributed by atoms with van der Waals surface area (Å²) in [6, 6.07) is 7.83. The number of ether oxygens (including phenoxy) is 2. The quantitative estimate of drug-likeness (QED) is 0.214. The van der Waals surface area contributed by atoms with Gasteiger partial charge in [0, 0.05) is 0 Å². The minimum Gasteiger partial charge on any atom is -0.461 e. The second-order valence-electron chi connectivity index (χ2n) is 8.23. The molecule has 200 valence electrons. The number of benzene rings is 1. The molecule has 0 bridgehead atoms. The third-order valence-corrected chi connectivity index (χ3v) is 6.47. The lowest BCUT2D eigenvalue weighted by atomic mass is 9.95. The molecule has 1 aromatic carbocycles. The zero-order chi connectivity index (χ0) is 27.4. The number of nitrogen functional groups attached to an aromatic ring is 1. The first-order chi connectivity index (χ1) is 17.4. The van der Waals surface area contributed by atoms with Crippen molar-refractivity contribution in [3.8, 4) is 18.1 Å². The number of carbonyl (C=O) groups excluding carboxylic acids is 1. The van der Waals surface area contributed by atoms with Crippen molar-refractivity contribution in [3.05, 3.63) is 47.0 Å². The van der Waals surface area contributed by atoms with E-state index in [2.05, 4.69) is 10.1 Å². The number of phosphoric ester groups is 1. The van der Waals surface area contributed by atoms with E-state index in [9.17, 15) is 24.4 Å². The Hall–Kier alpha value is -3.31. The molecule has 2 heterocycles. The first kappa shape index (κ1) is 28.3. The lowest BCUT2D eigenvalue weighted by molar-refractivity contribution is -0.156. The van der Waals surface area contributed by atoms with Crippen molar-refractivity contribution < 1.29 is 42.6 Å². The molecule has 1 fully saturated rings. The number of carbonyl (C=O) groups is 1. The van der Waals surface area contributed by atoms with Gasteiger partial charge in [-0.05, 0) is 32.9 Å². The van der Waals surface area contributed by atoms with E-state index in [1.807, 2.05) is 5.92 Å². The standard InChI is InChI=1S/C22H27N4O10P/c1-5-22(30)18(27)16(34-20(22)26-21(29)25-17(23)11-24-26)12-32-37(31,36-15-9-7-6-8-10-15)35-14(4)19(28)33-13(2)3/h1,6-11,13-14,16,18,20,27,30H,12H2,2-4H3,(H2,23,25,29)/t14-,16+,18?,20+,22+,37?/m0/s1. The van der Waals surface area contributed by atoms with Gasteiger partial charge in [0.25, 0.3) is 0 Å². The van der Waals surface area contributed by atoms with Gasteiger partial charge in [0.1, 0.15) is 23.8 Å². The van der Waals surface area contributed by atoms with E-state index in [0.717, 1.165) is 6.20 Å². The maximum atomic E-state index is 13.5. The molecule has 6 atom stereocenters. The molecule has 15 heteroatoms. The fourth-order valence-electron chi connectivity index (χ4n) is 3.24. The summed E-state index contributed by atoms with van der Waals surface area (Å²) < 4.78 is 40.9. The summed E-state index contributed by atoms with van der Waals surface area (Å²) in [6.07, 6.45) is -0.383. The van der Waals surface area contributed by atoms with Crippen LogP contribution >= 0.6 is 7.82 Å². The number of hydrogen-bond acceptors (Lipinski definition) is 13. The Morgan fingerprint density at radius 2 is 2.03 bits per heavy atom. The van der Waals surface area contributed by atoms with E-state index < -0.39 is 62.3 Å². The average Bonchev–Trinajstić information content (AvgIpc) is 3.08. The molecule has 2 aromatic rings. The van der Waals surface area contributed by atoms with Gasteiger partial charge in [-0.1, -0.05) is 24.1 Å². The lowest BCUT2D eigenvalue weighted by Crippen LogP contribution is -2.48. The smallest absolute Gasteiger partial charge is 0.461 e. The van der Waals surface area contributed by atoms with E-state index in [1.54, 1.807) is 32.0 Å². The molecule has 0 amide bonds. The maximum absolute atomic E-state index is 13.5. The van der Waals surface area contributed by atoms with Crippen molar-refractivity contribution in [3.63, 3.8) is 0 Å². The van der Waals surface area contributed by atoms with Gasteiger partial charge in [-0.25, -0.2) is 14.2 Å². The van der Waals surface area contributed by atoms with Gasteiger partial charge in [-0.2, -0.15) is 14.8 Å². The van der Waals surface area contributed by atoms with Crippen molar-refractivity contribution in [1.82, 2.24) is 14.8 Å². The number of esters is 1. The molecule has 0 aliphatic carbocycles. The molecule has 0 spiro atoms. The number of para-hydroxylation sites is 1. The van der Waals surface area contributed by atoms with Crippen LogP contribution in [0.2, 0.25) is 0 Å². The van der Waals surface area contributed by atoms with Crippen LogP contribution in [0.25, 0.3) is 0 Å². The normalized spacial score (nSPS) is 25.7. The number of hydrogen-bond donors (Lipinski definition) is 3. The summed E-state index contributed by atoms with van der Waals surface area (Å²) in [6.45, 7) is 3.82. The number of terminal acetylenes is 1. The van der Waals surface area contributed by atoms with E-state index in [4.69, 9.17) is 35.2 Å². The minimum absolute atomic E-state index is 0.0878. The second-order valence-corrected chi connectivity index (χ2v) is 9.78. The minimum atomic E-state index is -4.57. The molecular weight excluding hydrogens is 511 g/mol. The second kappa shape index (κ2) is 11.4. The van der Waals surface area contributed by atoms with Gasteiger partial charge in [-0.15, -0.1) is 6.42 Å². The molecule has 1 aliphatic rings. The molecule has 0 saturated carbocycles. The van der Waals surface area contributed by atoms with Gasteiger partial charge in [0.15, 0.2) is 12.3 Å². The van der Waals surface area contributed by atoms with Crippen LogP contribution in [0.4, 0.5) is 5.82 Å². The first-order valence-electron chi connectivity index (χ1n) is 11.0. The van der Waals surface area contributed by atoms with Crippen LogP contribution in [0.5, 0.6) is 5.75 Å². The van der Waals surface area contributed by atoms with Crippen molar-refractivity contribution in [1.29, 1.82) is 0 Å². The van der Waals surface area contributed by atoms with Crippen LogP contribution in [0.15, 0.2) is 41.3 Å². The molecular formula is C22H27N4O10P. The Labute approximate surface area is 211 Å². The largest absolute Gasteiger partial charge is 0.530 e. The Morgan fingerprint density at radius 3 is 2.62 bits per heavy atom. The number of anilines is 1. The van der Waals surface area contributed by atoms with Gasteiger partial charge in [0.2, 0.25) is 5.60 Å². The number of nitrogens with zero attached hydrogens (tertiary/aromatic N) is 3. The van der Waals surface area contributed by atoms with Crippen LogP contribution in [-0.2, 0) is 27.9 Å². The number of nitrogens with two attached hydrogens (primary N) is 1. The summed E-state index contributed by atoms with van der Waals surface area (Å²) in [5, 5.41) is 25.4. The van der Waals surface area contributed by atoms with Gasteiger partial charge in [-0.3, -0.25) is 9.05 Å². The molecule has 1 saturated heterocycles. The summed E-state index contributed by atoms with van der Waals surface area (Å²) >= 11 is 0. The molecule has 14 nitrogen and oxygen atoms in total. The summed E-state index contributed by atoms with van der Waals surface area (Å²) in [7, 11) is -4.57. The molecule has 1 aromatic heterocycles. The summed E-state index contributed by atoms with van der Waals surface area (Å²) in [5.41, 5.74) is 1.97. The molecule has 3 rings (SSSR count). The number of aliphatic hydroxyl groups is 2. The highest BCUT2D eigenvalue weighted by molar-refractivity contribution is 7.49. The summed E-state index contributed by atoms with van der Waals surface area (Å²) in [5.74, 6) is 1.06. The summed E-state index contributed by atoms with van der Waals surface area (Å²) in [4.78, 5) is 27.9. The van der Waals surface area contributed by atoms with E-state index >= 15 is 0 Å². The fraction of sp³-hybridized carbons (Fsp3) is 0.455. The number of aromatic nitrogens is 3. The van der Waals surface area contributed by atoms with Crippen molar-refractivity contribution >= 4 is 19.6 Å². The topological polar surface area (TPSA) is 195 Å². The number of aliphatic hydroxyl groups excluding tert-OH is 1. The molecule has 37 heavy (non-hydrogen) atoms. The van der Waals surface area contributed by atoms with Crippen molar-refractivity contribution in [2.75, 3.05) is 12.3 Å². The van der Waals surface area contributed by atoms with Gasteiger partial charge < -0.3 is 29.9 Å². The Morgan fingerprint density at radius 1 is 1.35 bits per heavy atom.